The van der Waals surface area contributed by atoms with E-state index in [1.165, 1.54) is 6.92 Å². The summed E-state index contributed by atoms with van der Waals surface area (Å²) in [6, 6.07) is 0. The van der Waals surface area contributed by atoms with Crippen molar-refractivity contribution < 1.29 is 14.7 Å². The topological polar surface area (TPSA) is 66.4 Å². The highest BCUT2D eigenvalue weighted by Gasteiger charge is 2.43. The summed E-state index contributed by atoms with van der Waals surface area (Å²) in [6.45, 7) is 2.99. The van der Waals surface area contributed by atoms with E-state index in [2.05, 4.69) is 5.32 Å². The first-order valence-electron chi connectivity index (χ1n) is 3.68. The maximum atomic E-state index is 10.9. The highest BCUT2D eigenvalue weighted by atomic mass is 32.2. The molecule has 0 aromatic heterocycles. The molecule has 5 heteroatoms. The number of aliphatic hydroxyl groups excluding tert-OH is 1. The van der Waals surface area contributed by atoms with Crippen LogP contribution in [0.15, 0.2) is 0 Å². The number of carbonyl (C=O) groups excluding carboxylic acids is 2. The molecule has 1 rings (SSSR count). The second kappa shape index (κ2) is 3.45. The molecular formula is C7H11NO3S. The van der Waals surface area contributed by atoms with E-state index in [-0.39, 0.29) is 16.4 Å². The number of amides is 1. The molecule has 2 N–H and O–H groups in total. The van der Waals surface area contributed by atoms with Crippen molar-refractivity contribution in [2.45, 2.75) is 25.3 Å². The van der Waals surface area contributed by atoms with Gasteiger partial charge in [0.05, 0.1) is 17.4 Å². The molecule has 4 nitrogen and oxygen atoms in total. The Kier molecular flexibility index (Phi) is 2.74. The lowest BCUT2D eigenvalue weighted by molar-refractivity contribution is -0.136. The van der Waals surface area contributed by atoms with Gasteiger partial charge in [-0.05, 0) is 6.92 Å². The average molecular weight is 189 g/mol. The second-order valence-electron chi connectivity index (χ2n) is 2.81. The van der Waals surface area contributed by atoms with Gasteiger partial charge in [-0.15, -0.1) is 0 Å². The average Bonchev–Trinajstić information content (AvgIpc) is 1.82. The summed E-state index contributed by atoms with van der Waals surface area (Å²) in [4.78, 5) is 21.5. The monoisotopic (exact) mass is 189 g/mol. The normalized spacial score (nSPS) is 30.4. The highest BCUT2D eigenvalue weighted by molar-refractivity contribution is 8.14. The number of hydrogen-bond acceptors (Lipinski definition) is 4. The van der Waals surface area contributed by atoms with Crippen molar-refractivity contribution >= 4 is 22.8 Å². The van der Waals surface area contributed by atoms with Crippen molar-refractivity contribution in [1.29, 1.82) is 0 Å². The zero-order valence-corrected chi connectivity index (χ0v) is 7.72. The van der Waals surface area contributed by atoms with E-state index >= 15 is 0 Å². The zero-order valence-electron chi connectivity index (χ0n) is 6.90. The lowest BCUT2D eigenvalue weighted by Gasteiger charge is -2.37. The Morgan fingerprint density at radius 2 is 2.33 bits per heavy atom. The minimum absolute atomic E-state index is 0.0503. The maximum absolute atomic E-state index is 10.9. The standard InChI is InChI=1S/C7H11NO3S/c1-3(9)5-6(11)8-7(5)12-4(2)10/h3,5,7,9H,1-2H3,(H,8,11)/t3-,5+,7-/m1/s1. The molecule has 1 amide bonds. The van der Waals surface area contributed by atoms with Gasteiger partial charge in [-0.1, -0.05) is 11.8 Å². The van der Waals surface area contributed by atoms with E-state index in [0.29, 0.717) is 0 Å². The number of hydrogen-bond donors (Lipinski definition) is 2. The van der Waals surface area contributed by atoms with Gasteiger partial charge in [0.2, 0.25) is 5.91 Å². The molecule has 0 bridgehead atoms. The lowest BCUT2D eigenvalue weighted by atomic mass is 9.96. The van der Waals surface area contributed by atoms with Crippen LogP contribution in [0.4, 0.5) is 0 Å². The summed E-state index contributed by atoms with van der Waals surface area (Å²) >= 11 is 1.05. The second-order valence-corrected chi connectivity index (χ2v) is 4.12. The van der Waals surface area contributed by atoms with Crippen LogP contribution in [0.25, 0.3) is 0 Å². The molecule has 1 aliphatic rings. The molecule has 0 saturated carbocycles. The molecule has 12 heavy (non-hydrogen) atoms. The third-order valence-corrected chi connectivity index (χ3v) is 2.72. The Morgan fingerprint density at radius 3 is 2.67 bits per heavy atom. The van der Waals surface area contributed by atoms with Crippen molar-refractivity contribution in [3.63, 3.8) is 0 Å². The Bertz CT molecular complexity index is 217. The minimum Gasteiger partial charge on any atom is -0.392 e. The molecule has 3 atom stereocenters. The fourth-order valence-corrected chi connectivity index (χ4v) is 2.15. The number of β-lactam (4-membered cyclic amide) rings is 1. The first-order valence-corrected chi connectivity index (χ1v) is 4.56. The van der Waals surface area contributed by atoms with Crippen molar-refractivity contribution in [1.82, 2.24) is 5.32 Å². The van der Waals surface area contributed by atoms with Crippen LogP contribution in [0.1, 0.15) is 13.8 Å². The molecule has 1 fully saturated rings. The van der Waals surface area contributed by atoms with E-state index in [0.717, 1.165) is 11.8 Å². The first kappa shape index (κ1) is 9.54. The molecule has 0 aromatic rings. The summed E-state index contributed by atoms with van der Waals surface area (Å²) in [5, 5.41) is 11.4. The van der Waals surface area contributed by atoms with Crippen LogP contribution >= 0.6 is 11.8 Å². The molecule has 1 heterocycles. The third-order valence-electron chi connectivity index (χ3n) is 1.73. The SMILES string of the molecule is CC(=O)S[C@H]1NC(=O)[C@@H]1[C@@H](C)O. The predicted molar refractivity (Wildman–Crippen MR) is 45.4 cm³/mol. The van der Waals surface area contributed by atoms with Gasteiger partial charge in [0.25, 0.3) is 0 Å². The first-order chi connectivity index (χ1) is 5.52. The molecule has 0 aliphatic carbocycles. The Labute approximate surface area is 74.7 Å². The Balaban J connectivity index is 2.48. The predicted octanol–water partition coefficient (Wildman–Crippen LogP) is -0.281. The Morgan fingerprint density at radius 1 is 1.75 bits per heavy atom. The van der Waals surface area contributed by atoms with Crippen LogP contribution in [0.2, 0.25) is 0 Å². The van der Waals surface area contributed by atoms with Crippen molar-refractivity contribution in [3.05, 3.63) is 0 Å². The van der Waals surface area contributed by atoms with Crippen LogP contribution in [0, 0.1) is 5.92 Å². The van der Waals surface area contributed by atoms with Crippen molar-refractivity contribution in [2.75, 3.05) is 0 Å². The highest BCUT2D eigenvalue weighted by Crippen LogP contribution is 2.28. The van der Waals surface area contributed by atoms with Gasteiger partial charge < -0.3 is 10.4 Å². The summed E-state index contributed by atoms with van der Waals surface area (Å²) in [5.41, 5.74) is 0. The fraction of sp³-hybridized carbons (Fsp3) is 0.714. The van der Waals surface area contributed by atoms with Crippen LogP contribution in [0.3, 0.4) is 0 Å². The van der Waals surface area contributed by atoms with Crippen molar-refractivity contribution in [2.24, 2.45) is 5.92 Å². The molecular weight excluding hydrogens is 178 g/mol. The molecule has 0 unspecified atom stereocenters. The van der Waals surface area contributed by atoms with Gasteiger partial charge in [-0.2, -0.15) is 0 Å². The molecule has 0 radical (unpaired) electrons. The maximum Gasteiger partial charge on any atom is 0.229 e. The number of thioether (sulfide) groups is 1. The van der Waals surface area contributed by atoms with Crippen LogP contribution in [0.5, 0.6) is 0 Å². The largest absolute Gasteiger partial charge is 0.392 e. The van der Waals surface area contributed by atoms with E-state index < -0.39 is 12.0 Å². The van der Waals surface area contributed by atoms with Gasteiger partial charge >= 0.3 is 0 Å². The summed E-state index contributed by atoms with van der Waals surface area (Å²) < 4.78 is 0. The zero-order chi connectivity index (χ0) is 9.30. The summed E-state index contributed by atoms with van der Waals surface area (Å²) in [7, 11) is 0. The smallest absolute Gasteiger partial charge is 0.229 e. The Hall–Kier alpha value is -0.550. The molecule has 68 valence electrons. The molecule has 0 spiro atoms. The third kappa shape index (κ3) is 1.78. The van der Waals surface area contributed by atoms with Gasteiger partial charge in [0.15, 0.2) is 5.12 Å². The van der Waals surface area contributed by atoms with Crippen LogP contribution < -0.4 is 5.32 Å². The van der Waals surface area contributed by atoms with E-state index in [1.54, 1.807) is 6.92 Å². The van der Waals surface area contributed by atoms with Gasteiger partial charge in [0.1, 0.15) is 0 Å². The van der Waals surface area contributed by atoms with Crippen molar-refractivity contribution in [3.8, 4) is 0 Å². The van der Waals surface area contributed by atoms with Crippen LogP contribution in [-0.4, -0.2) is 27.6 Å². The molecule has 0 aromatic carbocycles. The van der Waals surface area contributed by atoms with Gasteiger partial charge in [-0.3, -0.25) is 9.59 Å². The summed E-state index contributed by atoms with van der Waals surface area (Å²) in [5.74, 6) is -0.609. The van der Waals surface area contributed by atoms with Gasteiger partial charge in [0, 0.05) is 6.92 Å². The van der Waals surface area contributed by atoms with E-state index in [1.807, 2.05) is 0 Å². The number of nitrogens with one attached hydrogen (secondary N) is 1. The quantitative estimate of drug-likeness (QED) is 0.586. The van der Waals surface area contributed by atoms with Gasteiger partial charge in [-0.25, -0.2) is 0 Å². The summed E-state index contributed by atoms with van der Waals surface area (Å²) in [6.07, 6.45) is -0.685. The van der Waals surface area contributed by atoms with E-state index in [9.17, 15) is 9.59 Å². The molecule has 1 saturated heterocycles. The van der Waals surface area contributed by atoms with E-state index in [4.69, 9.17) is 5.11 Å². The van der Waals surface area contributed by atoms with Crippen LogP contribution in [-0.2, 0) is 9.59 Å². The number of rotatable bonds is 2. The molecule has 1 aliphatic heterocycles. The lowest BCUT2D eigenvalue weighted by Crippen LogP contribution is -2.60. The fourth-order valence-electron chi connectivity index (χ4n) is 1.12. The number of aliphatic hydroxyl groups is 1. The number of carbonyl (C=O) groups is 2. The minimum atomic E-state index is -0.685.